The van der Waals surface area contributed by atoms with Crippen molar-refractivity contribution in [2.75, 3.05) is 39.6 Å². The average Bonchev–Trinajstić information content (AvgIpc) is 3.72. The van der Waals surface area contributed by atoms with Crippen LogP contribution in [0.1, 0.15) is 325 Å². The molecule has 0 saturated heterocycles. The fourth-order valence-corrected chi connectivity index (χ4v) is 11.5. The number of phosphoric acid groups is 2. The molecule has 17 nitrogen and oxygen atoms in total. The summed E-state index contributed by atoms with van der Waals surface area (Å²) in [6.07, 6.45) is 46.7. The van der Waals surface area contributed by atoms with Gasteiger partial charge in [0.25, 0.3) is 0 Å². The molecule has 19 heteroatoms. The topological polar surface area (TPSA) is 237 Å². The zero-order chi connectivity index (χ0) is 65.9. The Kier molecular flexibility index (Phi) is 58.8. The normalized spacial score (nSPS) is 15.0. The Balaban J connectivity index is 5.29. The molecule has 3 N–H and O–H groups in total. The van der Waals surface area contributed by atoms with Crippen LogP contribution in [0.25, 0.3) is 0 Å². The summed E-state index contributed by atoms with van der Waals surface area (Å²) in [6.45, 7) is 11.7. The number of hydrogen-bond donors (Lipinski definition) is 3. The standard InChI is InChI=1S/C70H132O17P2/c1-8-11-12-13-14-15-16-17-18-19-20-24-29-39-46-53-69(74)87-66(58-81-68(73)52-45-38-33-32-36-43-50-63(7)10-3)60-85-89(78,79)83-56-64(71)55-82-88(76,77)84-59-65(57-80-67(72)51-44-37-31-26-27-34-41-48-61(4)5)86-70(75)54-47-40-30-25-22-21-23-28-35-42-49-62(6)9-2/h15-18,61-66,71H,8-14,19-60H2,1-7H3,(H,76,77)(H,78,79)/b16-15-,18-17-/t62?,63?,64-,65-,66-/m1/s1. The Morgan fingerprint density at radius 1 is 0.371 bits per heavy atom. The van der Waals surface area contributed by atoms with E-state index in [0.29, 0.717) is 31.6 Å². The van der Waals surface area contributed by atoms with Crippen molar-refractivity contribution in [2.45, 2.75) is 343 Å². The van der Waals surface area contributed by atoms with Crippen molar-refractivity contribution in [3.63, 3.8) is 0 Å². The van der Waals surface area contributed by atoms with Crippen LogP contribution in [0.3, 0.4) is 0 Å². The molecule has 0 aliphatic heterocycles. The van der Waals surface area contributed by atoms with Gasteiger partial charge in [-0.25, -0.2) is 9.13 Å². The molecule has 0 aromatic carbocycles. The molecule has 524 valence electrons. The van der Waals surface area contributed by atoms with Crippen LogP contribution in [0, 0.1) is 17.8 Å². The van der Waals surface area contributed by atoms with Crippen molar-refractivity contribution in [2.24, 2.45) is 17.8 Å². The number of rotatable bonds is 66. The van der Waals surface area contributed by atoms with E-state index in [1.807, 2.05) is 0 Å². The summed E-state index contributed by atoms with van der Waals surface area (Å²) < 4.78 is 68.2. The molecule has 0 saturated carbocycles. The van der Waals surface area contributed by atoms with Gasteiger partial charge in [0.2, 0.25) is 0 Å². The van der Waals surface area contributed by atoms with Gasteiger partial charge in [0.15, 0.2) is 12.2 Å². The number of ether oxygens (including phenoxy) is 4. The molecule has 0 bridgehead atoms. The van der Waals surface area contributed by atoms with E-state index in [0.717, 1.165) is 127 Å². The molecular weight excluding hydrogens is 1170 g/mol. The predicted molar refractivity (Wildman–Crippen MR) is 358 cm³/mol. The molecule has 0 aromatic rings. The number of allylic oxidation sites excluding steroid dienone is 4. The van der Waals surface area contributed by atoms with Crippen molar-refractivity contribution in [3.8, 4) is 0 Å². The highest BCUT2D eigenvalue weighted by molar-refractivity contribution is 7.47. The first-order chi connectivity index (χ1) is 42.8. The highest BCUT2D eigenvalue weighted by Crippen LogP contribution is 2.45. The number of hydrogen-bond acceptors (Lipinski definition) is 15. The molecule has 0 amide bonds. The van der Waals surface area contributed by atoms with E-state index in [9.17, 15) is 43.2 Å². The summed E-state index contributed by atoms with van der Waals surface area (Å²) >= 11 is 0. The van der Waals surface area contributed by atoms with Crippen LogP contribution >= 0.6 is 15.6 Å². The number of aliphatic hydroxyl groups excluding tert-OH is 1. The first-order valence-electron chi connectivity index (χ1n) is 35.7. The van der Waals surface area contributed by atoms with Crippen LogP contribution in [0.4, 0.5) is 0 Å². The van der Waals surface area contributed by atoms with Crippen molar-refractivity contribution >= 4 is 39.5 Å². The number of phosphoric ester groups is 2. The fraction of sp³-hybridized carbons (Fsp3) is 0.886. The maximum Gasteiger partial charge on any atom is 0.472 e. The first kappa shape index (κ1) is 86.5. The Morgan fingerprint density at radius 2 is 0.663 bits per heavy atom. The van der Waals surface area contributed by atoms with Gasteiger partial charge in [-0.1, -0.05) is 272 Å². The van der Waals surface area contributed by atoms with E-state index in [1.165, 1.54) is 109 Å². The zero-order valence-corrected chi connectivity index (χ0v) is 59.2. The lowest BCUT2D eigenvalue weighted by atomic mass is 9.99. The zero-order valence-electron chi connectivity index (χ0n) is 57.4. The van der Waals surface area contributed by atoms with Crippen LogP contribution in [0.5, 0.6) is 0 Å². The van der Waals surface area contributed by atoms with Gasteiger partial charge in [0.1, 0.15) is 19.3 Å². The second kappa shape index (κ2) is 60.5. The maximum absolute atomic E-state index is 13.0. The van der Waals surface area contributed by atoms with Crippen molar-refractivity contribution in [1.82, 2.24) is 0 Å². The third kappa shape index (κ3) is 61.5. The van der Waals surface area contributed by atoms with Gasteiger partial charge in [0.05, 0.1) is 26.4 Å². The molecule has 0 rings (SSSR count). The second-order valence-electron chi connectivity index (χ2n) is 25.5. The van der Waals surface area contributed by atoms with E-state index in [-0.39, 0.29) is 25.7 Å². The summed E-state index contributed by atoms with van der Waals surface area (Å²) in [5.41, 5.74) is 0. The highest BCUT2D eigenvalue weighted by Gasteiger charge is 2.30. The SMILES string of the molecule is CCCCCC/C=C\C=C/CCCCCCCC(=O)O[C@H](COC(=O)CCCCCCCCC(C)CC)COP(=O)(O)OC[C@H](O)COP(=O)(O)OC[C@@H](COC(=O)CCCCCCCCCC(C)C)OC(=O)CCCCCCCCCCCCC(C)CC. The molecule has 0 fully saturated rings. The summed E-state index contributed by atoms with van der Waals surface area (Å²) in [5.74, 6) is 0.0725. The summed E-state index contributed by atoms with van der Waals surface area (Å²) in [7, 11) is -9.91. The lowest BCUT2D eigenvalue weighted by Crippen LogP contribution is -2.30. The minimum absolute atomic E-state index is 0.0836. The lowest BCUT2D eigenvalue weighted by Gasteiger charge is -2.21. The third-order valence-corrected chi connectivity index (χ3v) is 18.1. The second-order valence-corrected chi connectivity index (χ2v) is 28.5. The van der Waals surface area contributed by atoms with E-state index in [4.69, 9.17) is 37.0 Å². The molecule has 0 aliphatic rings. The van der Waals surface area contributed by atoms with Crippen molar-refractivity contribution in [1.29, 1.82) is 0 Å². The lowest BCUT2D eigenvalue weighted by molar-refractivity contribution is -0.161. The van der Waals surface area contributed by atoms with E-state index in [2.05, 4.69) is 72.8 Å². The van der Waals surface area contributed by atoms with Crippen LogP contribution in [-0.4, -0.2) is 96.7 Å². The highest BCUT2D eigenvalue weighted by atomic mass is 31.2. The van der Waals surface area contributed by atoms with Crippen LogP contribution in [0.2, 0.25) is 0 Å². The maximum atomic E-state index is 13.0. The number of carbonyl (C=O) groups is 4. The number of aliphatic hydroxyl groups is 1. The number of unbranched alkanes of at least 4 members (excludes halogenated alkanes) is 29. The van der Waals surface area contributed by atoms with Crippen molar-refractivity contribution in [3.05, 3.63) is 24.3 Å². The van der Waals surface area contributed by atoms with E-state index < -0.39 is 97.5 Å². The largest absolute Gasteiger partial charge is 0.472 e. The summed E-state index contributed by atoms with van der Waals surface area (Å²) in [5, 5.41) is 10.6. The smallest absolute Gasteiger partial charge is 0.462 e. The van der Waals surface area contributed by atoms with Gasteiger partial charge in [-0.3, -0.25) is 37.3 Å². The predicted octanol–water partition coefficient (Wildman–Crippen LogP) is 19.4. The van der Waals surface area contributed by atoms with Gasteiger partial charge in [-0.15, -0.1) is 0 Å². The minimum Gasteiger partial charge on any atom is -0.462 e. The fourth-order valence-electron chi connectivity index (χ4n) is 9.94. The van der Waals surface area contributed by atoms with Gasteiger partial charge in [-0.05, 0) is 69.1 Å². The molecule has 89 heavy (non-hydrogen) atoms. The Morgan fingerprint density at radius 3 is 1.00 bits per heavy atom. The third-order valence-electron chi connectivity index (χ3n) is 16.2. The monoisotopic (exact) mass is 1310 g/mol. The van der Waals surface area contributed by atoms with Crippen molar-refractivity contribution < 1.29 is 80.2 Å². The van der Waals surface area contributed by atoms with Gasteiger partial charge in [-0.2, -0.15) is 0 Å². The number of esters is 4. The molecule has 0 radical (unpaired) electrons. The molecule has 0 aromatic heterocycles. The Labute approximate surface area is 542 Å². The van der Waals surface area contributed by atoms with E-state index in [1.54, 1.807) is 0 Å². The Bertz CT molecular complexity index is 1850. The minimum atomic E-state index is -4.96. The number of carbonyl (C=O) groups excluding carboxylic acids is 4. The summed E-state index contributed by atoms with van der Waals surface area (Å²) in [4.78, 5) is 72.5. The molecule has 0 heterocycles. The molecule has 4 unspecified atom stereocenters. The van der Waals surface area contributed by atoms with Gasteiger partial charge >= 0.3 is 39.5 Å². The van der Waals surface area contributed by atoms with Crippen LogP contribution < -0.4 is 0 Å². The average molecular weight is 1310 g/mol. The first-order valence-corrected chi connectivity index (χ1v) is 38.7. The van der Waals surface area contributed by atoms with Crippen LogP contribution in [-0.2, 0) is 65.4 Å². The molecular formula is C70H132O17P2. The molecule has 0 spiro atoms. The van der Waals surface area contributed by atoms with Gasteiger partial charge in [0, 0.05) is 25.7 Å². The van der Waals surface area contributed by atoms with E-state index >= 15 is 0 Å². The molecule has 0 aliphatic carbocycles. The quantitative estimate of drug-likeness (QED) is 0.0169. The van der Waals surface area contributed by atoms with Crippen LogP contribution in [0.15, 0.2) is 24.3 Å². The summed E-state index contributed by atoms with van der Waals surface area (Å²) in [6, 6.07) is 0. The molecule has 7 atom stereocenters. The van der Waals surface area contributed by atoms with Gasteiger partial charge < -0.3 is 33.8 Å². The Hall–Kier alpha value is -2.46.